The molecular weight excluding hydrogens is 368 g/mol. The van der Waals surface area contributed by atoms with Gasteiger partial charge in [-0.3, -0.25) is 4.79 Å². The number of piperazine rings is 1. The summed E-state index contributed by atoms with van der Waals surface area (Å²) in [6.07, 6.45) is 2.08. The Morgan fingerprint density at radius 1 is 1.12 bits per heavy atom. The van der Waals surface area contributed by atoms with E-state index < -0.39 is 0 Å². The predicted molar refractivity (Wildman–Crippen MR) is 100 cm³/mol. The summed E-state index contributed by atoms with van der Waals surface area (Å²) in [5.41, 5.74) is 1.72. The standard InChI is InChI=1S/C18H21BrN4O/c1-22-8-10-23(11-9-22)17-7-6-16(13-20-17)21-18(24)12-14-2-4-15(19)5-3-14/h2-7,13H,8-12H2,1H3,(H,21,24). The number of pyridine rings is 1. The van der Waals surface area contributed by atoms with Crippen LogP contribution in [-0.4, -0.2) is 49.0 Å². The number of likely N-dealkylation sites (N-methyl/N-ethyl adjacent to an activating group) is 1. The van der Waals surface area contributed by atoms with Gasteiger partial charge in [-0.25, -0.2) is 4.98 Å². The van der Waals surface area contributed by atoms with Crippen molar-refractivity contribution in [3.05, 3.63) is 52.6 Å². The van der Waals surface area contributed by atoms with E-state index in [1.54, 1.807) is 6.20 Å². The number of halogens is 1. The topological polar surface area (TPSA) is 48.5 Å². The van der Waals surface area contributed by atoms with Gasteiger partial charge in [-0.2, -0.15) is 0 Å². The number of benzene rings is 1. The Bertz CT molecular complexity index is 679. The van der Waals surface area contributed by atoms with Crippen molar-refractivity contribution in [1.29, 1.82) is 0 Å². The van der Waals surface area contributed by atoms with E-state index in [2.05, 4.69) is 43.1 Å². The molecule has 0 radical (unpaired) electrons. The molecule has 1 N–H and O–H groups in total. The second kappa shape index (κ2) is 7.77. The summed E-state index contributed by atoms with van der Waals surface area (Å²) in [6, 6.07) is 11.7. The SMILES string of the molecule is CN1CCN(c2ccc(NC(=O)Cc3ccc(Br)cc3)cn2)CC1. The van der Waals surface area contributed by atoms with E-state index in [9.17, 15) is 4.79 Å². The third kappa shape index (κ3) is 4.55. The third-order valence-electron chi connectivity index (χ3n) is 4.14. The highest BCUT2D eigenvalue weighted by Crippen LogP contribution is 2.16. The Morgan fingerprint density at radius 2 is 1.83 bits per heavy atom. The van der Waals surface area contributed by atoms with Crippen molar-refractivity contribution in [2.24, 2.45) is 0 Å². The van der Waals surface area contributed by atoms with E-state index >= 15 is 0 Å². The van der Waals surface area contributed by atoms with Crippen molar-refractivity contribution >= 4 is 33.3 Å². The van der Waals surface area contributed by atoms with Gasteiger partial charge in [0.25, 0.3) is 0 Å². The molecule has 0 aliphatic carbocycles. The number of carbonyl (C=O) groups excluding carboxylic acids is 1. The van der Waals surface area contributed by atoms with Gasteiger partial charge in [0.1, 0.15) is 5.82 Å². The van der Waals surface area contributed by atoms with Gasteiger partial charge >= 0.3 is 0 Å². The minimum atomic E-state index is -0.0357. The summed E-state index contributed by atoms with van der Waals surface area (Å²) < 4.78 is 1.01. The molecule has 3 rings (SSSR count). The van der Waals surface area contributed by atoms with Gasteiger partial charge in [-0.1, -0.05) is 28.1 Å². The fourth-order valence-electron chi connectivity index (χ4n) is 2.68. The monoisotopic (exact) mass is 388 g/mol. The van der Waals surface area contributed by atoms with E-state index in [1.807, 2.05) is 36.4 Å². The number of hydrogen-bond donors (Lipinski definition) is 1. The first-order valence-corrected chi connectivity index (χ1v) is 8.83. The number of nitrogens with one attached hydrogen (secondary N) is 1. The molecule has 1 aliphatic rings. The fourth-order valence-corrected chi connectivity index (χ4v) is 2.94. The maximum absolute atomic E-state index is 12.1. The fraction of sp³-hybridized carbons (Fsp3) is 0.333. The Morgan fingerprint density at radius 3 is 2.46 bits per heavy atom. The molecule has 0 bridgehead atoms. The predicted octanol–water partition coefficient (Wildman–Crippen LogP) is 2.78. The minimum Gasteiger partial charge on any atom is -0.354 e. The summed E-state index contributed by atoms with van der Waals surface area (Å²) in [7, 11) is 2.13. The van der Waals surface area contributed by atoms with E-state index in [-0.39, 0.29) is 5.91 Å². The number of hydrogen-bond acceptors (Lipinski definition) is 4. The van der Waals surface area contributed by atoms with Gasteiger partial charge in [-0.15, -0.1) is 0 Å². The van der Waals surface area contributed by atoms with Gasteiger partial charge in [-0.05, 0) is 36.9 Å². The maximum atomic E-state index is 12.1. The lowest BCUT2D eigenvalue weighted by Crippen LogP contribution is -2.44. The summed E-state index contributed by atoms with van der Waals surface area (Å²) in [6.45, 7) is 4.07. The van der Waals surface area contributed by atoms with Crippen LogP contribution >= 0.6 is 15.9 Å². The number of carbonyl (C=O) groups is 1. The molecule has 1 amide bonds. The maximum Gasteiger partial charge on any atom is 0.228 e. The van der Waals surface area contributed by atoms with E-state index in [0.717, 1.165) is 47.7 Å². The normalized spacial score (nSPS) is 15.3. The zero-order valence-corrected chi connectivity index (χ0v) is 15.3. The van der Waals surface area contributed by atoms with Crippen LogP contribution in [0.25, 0.3) is 0 Å². The van der Waals surface area contributed by atoms with Crippen LogP contribution in [0.4, 0.5) is 11.5 Å². The lowest BCUT2D eigenvalue weighted by molar-refractivity contribution is -0.115. The van der Waals surface area contributed by atoms with Crippen molar-refractivity contribution in [2.45, 2.75) is 6.42 Å². The van der Waals surface area contributed by atoms with Crippen LogP contribution in [0.3, 0.4) is 0 Å². The quantitative estimate of drug-likeness (QED) is 0.874. The first kappa shape index (κ1) is 16.9. The van der Waals surface area contributed by atoms with Crippen LogP contribution in [0.15, 0.2) is 47.1 Å². The summed E-state index contributed by atoms with van der Waals surface area (Å²) >= 11 is 3.39. The first-order valence-electron chi connectivity index (χ1n) is 8.04. The average molecular weight is 389 g/mol. The number of rotatable bonds is 4. The molecule has 6 heteroatoms. The summed E-state index contributed by atoms with van der Waals surface area (Å²) in [5.74, 6) is 0.931. The third-order valence-corrected chi connectivity index (χ3v) is 4.67. The van der Waals surface area contributed by atoms with Crippen LogP contribution in [-0.2, 0) is 11.2 Å². The highest BCUT2D eigenvalue weighted by Gasteiger charge is 2.15. The average Bonchev–Trinajstić information content (AvgIpc) is 2.58. The molecule has 1 aromatic heterocycles. The number of anilines is 2. The molecule has 126 valence electrons. The molecule has 0 atom stereocenters. The van der Waals surface area contributed by atoms with Crippen molar-refractivity contribution in [3.8, 4) is 0 Å². The molecule has 0 unspecified atom stereocenters. The number of aromatic nitrogens is 1. The summed E-state index contributed by atoms with van der Waals surface area (Å²) in [5, 5.41) is 2.90. The molecule has 1 aromatic carbocycles. The van der Waals surface area contributed by atoms with Crippen molar-refractivity contribution < 1.29 is 4.79 Å². The lowest BCUT2D eigenvalue weighted by Gasteiger charge is -2.33. The Hall–Kier alpha value is -1.92. The molecular formula is C18H21BrN4O. The molecule has 2 heterocycles. The Kier molecular flexibility index (Phi) is 5.48. The van der Waals surface area contributed by atoms with Crippen LogP contribution < -0.4 is 10.2 Å². The van der Waals surface area contributed by atoms with Crippen LogP contribution in [0, 0.1) is 0 Å². The highest BCUT2D eigenvalue weighted by atomic mass is 79.9. The first-order chi connectivity index (χ1) is 11.6. The van der Waals surface area contributed by atoms with Crippen molar-refractivity contribution in [1.82, 2.24) is 9.88 Å². The van der Waals surface area contributed by atoms with E-state index in [1.165, 1.54) is 0 Å². The smallest absolute Gasteiger partial charge is 0.228 e. The lowest BCUT2D eigenvalue weighted by atomic mass is 10.1. The Balaban J connectivity index is 1.55. The number of amides is 1. The highest BCUT2D eigenvalue weighted by molar-refractivity contribution is 9.10. The van der Waals surface area contributed by atoms with Crippen molar-refractivity contribution in [2.75, 3.05) is 43.4 Å². The number of nitrogens with zero attached hydrogens (tertiary/aromatic N) is 3. The van der Waals surface area contributed by atoms with Crippen LogP contribution in [0.1, 0.15) is 5.56 Å². The van der Waals surface area contributed by atoms with Crippen LogP contribution in [0.2, 0.25) is 0 Å². The zero-order chi connectivity index (χ0) is 16.9. The molecule has 5 nitrogen and oxygen atoms in total. The molecule has 0 saturated carbocycles. The van der Waals surface area contributed by atoms with Gasteiger partial charge in [0.05, 0.1) is 18.3 Å². The van der Waals surface area contributed by atoms with Gasteiger partial charge in [0, 0.05) is 30.7 Å². The van der Waals surface area contributed by atoms with Crippen LogP contribution in [0.5, 0.6) is 0 Å². The Labute approximate surface area is 150 Å². The second-order valence-electron chi connectivity index (χ2n) is 6.05. The molecule has 1 fully saturated rings. The van der Waals surface area contributed by atoms with Crippen molar-refractivity contribution in [3.63, 3.8) is 0 Å². The molecule has 0 spiro atoms. The molecule has 1 aliphatic heterocycles. The van der Waals surface area contributed by atoms with Gasteiger partial charge in [0.2, 0.25) is 5.91 Å². The minimum absolute atomic E-state index is 0.0357. The molecule has 1 saturated heterocycles. The second-order valence-corrected chi connectivity index (χ2v) is 6.96. The molecule has 24 heavy (non-hydrogen) atoms. The molecule has 2 aromatic rings. The van der Waals surface area contributed by atoms with Gasteiger partial charge < -0.3 is 15.1 Å². The summed E-state index contributed by atoms with van der Waals surface area (Å²) in [4.78, 5) is 21.2. The zero-order valence-electron chi connectivity index (χ0n) is 13.7. The van der Waals surface area contributed by atoms with E-state index in [0.29, 0.717) is 6.42 Å². The van der Waals surface area contributed by atoms with Gasteiger partial charge in [0.15, 0.2) is 0 Å². The van der Waals surface area contributed by atoms with E-state index in [4.69, 9.17) is 0 Å². The largest absolute Gasteiger partial charge is 0.354 e.